The van der Waals surface area contributed by atoms with Gasteiger partial charge in [0.05, 0.1) is 0 Å². The fourth-order valence-corrected chi connectivity index (χ4v) is 1.54. The molecule has 3 N–H and O–H groups in total. The van der Waals surface area contributed by atoms with E-state index in [2.05, 4.69) is 0 Å². The van der Waals surface area contributed by atoms with Gasteiger partial charge < -0.3 is 10.8 Å². The number of nitrogens with two attached hydrogens (primary N) is 1. The van der Waals surface area contributed by atoms with Gasteiger partial charge in [0.25, 0.3) is 5.92 Å². The molecule has 7 heteroatoms. The molecular formula is C10H12Cl2F3NO. The van der Waals surface area contributed by atoms with Crippen LogP contribution in [0.1, 0.15) is 17.2 Å². The van der Waals surface area contributed by atoms with Crippen molar-refractivity contribution in [2.45, 2.75) is 18.9 Å². The van der Waals surface area contributed by atoms with E-state index in [1.807, 2.05) is 0 Å². The number of hydrogen-bond donors (Lipinski definition) is 2. The Morgan fingerprint density at radius 1 is 1.47 bits per heavy atom. The van der Waals surface area contributed by atoms with Gasteiger partial charge in [-0.15, -0.1) is 12.4 Å². The van der Waals surface area contributed by atoms with Crippen LogP contribution in [-0.4, -0.2) is 17.6 Å². The van der Waals surface area contributed by atoms with E-state index in [4.69, 9.17) is 22.4 Å². The third kappa shape index (κ3) is 3.25. The molecule has 98 valence electrons. The average molecular weight is 290 g/mol. The standard InChI is InChI=1S/C10H11ClF3NO.ClH/c1-5-2-3-6(11)7(8(5)12)9(15)10(13,14)4-16;/h2-3,9,16H,4,15H2,1H3;1H/t9-;/m1./s1. The van der Waals surface area contributed by atoms with Crippen LogP contribution < -0.4 is 5.73 Å². The van der Waals surface area contributed by atoms with Crippen LogP contribution in [0.25, 0.3) is 0 Å². The second-order valence-corrected chi connectivity index (χ2v) is 3.90. The van der Waals surface area contributed by atoms with E-state index >= 15 is 0 Å². The average Bonchev–Trinajstić information content (AvgIpc) is 2.24. The number of aryl methyl sites for hydroxylation is 1. The van der Waals surface area contributed by atoms with E-state index < -0.39 is 30.0 Å². The van der Waals surface area contributed by atoms with Gasteiger partial charge in [0, 0.05) is 10.6 Å². The number of rotatable bonds is 3. The highest BCUT2D eigenvalue weighted by Gasteiger charge is 2.40. The summed E-state index contributed by atoms with van der Waals surface area (Å²) in [6.07, 6.45) is 0. The highest BCUT2D eigenvalue weighted by molar-refractivity contribution is 6.31. The van der Waals surface area contributed by atoms with Crippen LogP contribution in [0.4, 0.5) is 13.2 Å². The van der Waals surface area contributed by atoms with E-state index in [0.29, 0.717) is 0 Å². The maximum atomic E-state index is 13.6. The first-order valence-corrected chi connectivity index (χ1v) is 4.88. The van der Waals surface area contributed by atoms with Crippen LogP contribution in [-0.2, 0) is 0 Å². The van der Waals surface area contributed by atoms with Crippen LogP contribution in [0.3, 0.4) is 0 Å². The Hall–Kier alpha value is -0.490. The molecule has 0 aliphatic heterocycles. The lowest BCUT2D eigenvalue weighted by Gasteiger charge is -2.23. The van der Waals surface area contributed by atoms with Crippen molar-refractivity contribution in [2.75, 3.05) is 6.61 Å². The molecule has 0 saturated carbocycles. The number of aliphatic hydroxyl groups excluding tert-OH is 1. The van der Waals surface area contributed by atoms with Gasteiger partial charge in [-0.2, -0.15) is 0 Å². The molecule has 0 bridgehead atoms. The lowest BCUT2D eigenvalue weighted by molar-refractivity contribution is -0.0718. The molecule has 0 spiro atoms. The van der Waals surface area contributed by atoms with Gasteiger partial charge in [-0.3, -0.25) is 0 Å². The first kappa shape index (κ1) is 16.5. The number of halogens is 5. The van der Waals surface area contributed by atoms with Gasteiger partial charge in [0.1, 0.15) is 18.5 Å². The molecule has 1 aromatic carbocycles. The largest absolute Gasteiger partial charge is 0.390 e. The fraction of sp³-hybridized carbons (Fsp3) is 0.400. The molecule has 2 nitrogen and oxygen atoms in total. The monoisotopic (exact) mass is 289 g/mol. The summed E-state index contributed by atoms with van der Waals surface area (Å²) in [5, 5.41) is 8.30. The minimum absolute atomic E-state index is 0. The van der Waals surface area contributed by atoms with Crippen molar-refractivity contribution in [2.24, 2.45) is 5.73 Å². The molecule has 0 aliphatic carbocycles. The van der Waals surface area contributed by atoms with Crippen molar-refractivity contribution >= 4 is 24.0 Å². The maximum Gasteiger partial charge on any atom is 0.289 e. The lowest BCUT2D eigenvalue weighted by Crippen LogP contribution is -2.37. The van der Waals surface area contributed by atoms with Crippen molar-refractivity contribution in [3.8, 4) is 0 Å². The van der Waals surface area contributed by atoms with E-state index in [-0.39, 0.29) is 23.0 Å². The summed E-state index contributed by atoms with van der Waals surface area (Å²) in [7, 11) is 0. The second kappa shape index (κ2) is 5.91. The van der Waals surface area contributed by atoms with E-state index in [0.717, 1.165) is 0 Å². The van der Waals surface area contributed by atoms with Crippen molar-refractivity contribution in [3.05, 3.63) is 34.1 Å². The molecule has 0 fully saturated rings. The summed E-state index contributed by atoms with van der Waals surface area (Å²) in [6, 6.07) is 0.693. The van der Waals surface area contributed by atoms with Gasteiger partial charge in [0.2, 0.25) is 0 Å². The summed E-state index contributed by atoms with van der Waals surface area (Å²) in [6.45, 7) is -0.0448. The van der Waals surface area contributed by atoms with Gasteiger partial charge >= 0.3 is 0 Å². The van der Waals surface area contributed by atoms with Crippen molar-refractivity contribution in [1.29, 1.82) is 0 Å². The Kier molecular flexibility index (Phi) is 5.74. The van der Waals surface area contributed by atoms with Crippen LogP contribution in [0, 0.1) is 12.7 Å². The first-order valence-electron chi connectivity index (χ1n) is 4.50. The predicted octanol–water partition coefficient (Wildman–Crippen LogP) is 2.84. The molecule has 1 aromatic rings. The van der Waals surface area contributed by atoms with Gasteiger partial charge in [-0.1, -0.05) is 17.7 Å². The van der Waals surface area contributed by atoms with E-state index in [1.54, 1.807) is 0 Å². The molecule has 1 rings (SSSR count). The van der Waals surface area contributed by atoms with Crippen molar-refractivity contribution in [3.63, 3.8) is 0 Å². The highest BCUT2D eigenvalue weighted by Crippen LogP contribution is 2.35. The van der Waals surface area contributed by atoms with Crippen LogP contribution in [0.15, 0.2) is 12.1 Å². The summed E-state index contributed by atoms with van der Waals surface area (Å²) in [5.41, 5.74) is 4.92. The quantitative estimate of drug-likeness (QED) is 0.899. The zero-order chi connectivity index (χ0) is 12.5. The van der Waals surface area contributed by atoms with Crippen molar-refractivity contribution < 1.29 is 18.3 Å². The Bertz CT molecular complexity index is 401. The first-order chi connectivity index (χ1) is 7.31. The smallest absolute Gasteiger partial charge is 0.289 e. The lowest BCUT2D eigenvalue weighted by atomic mass is 9.99. The summed E-state index contributed by atoms with van der Waals surface area (Å²) >= 11 is 5.62. The molecule has 0 saturated heterocycles. The molecule has 0 amide bonds. The topological polar surface area (TPSA) is 46.2 Å². The SMILES string of the molecule is Cc1ccc(Cl)c([C@@H](N)C(F)(F)CO)c1F.Cl. The fourth-order valence-electron chi connectivity index (χ4n) is 1.27. The van der Waals surface area contributed by atoms with Gasteiger partial charge in [-0.05, 0) is 18.6 Å². The molecule has 0 radical (unpaired) electrons. The van der Waals surface area contributed by atoms with Gasteiger partial charge in [-0.25, -0.2) is 13.2 Å². The Morgan fingerprint density at radius 2 is 2.00 bits per heavy atom. The number of benzene rings is 1. The molecule has 0 unspecified atom stereocenters. The molecule has 0 aliphatic rings. The van der Waals surface area contributed by atoms with Crippen LogP contribution >= 0.6 is 24.0 Å². The van der Waals surface area contributed by atoms with Crippen LogP contribution in [0.2, 0.25) is 5.02 Å². The maximum absolute atomic E-state index is 13.6. The van der Waals surface area contributed by atoms with Crippen molar-refractivity contribution in [1.82, 2.24) is 0 Å². The zero-order valence-corrected chi connectivity index (χ0v) is 10.5. The van der Waals surface area contributed by atoms with E-state index in [9.17, 15) is 13.2 Å². The molecule has 0 heterocycles. The van der Waals surface area contributed by atoms with Gasteiger partial charge in [0.15, 0.2) is 0 Å². The number of alkyl halides is 2. The van der Waals surface area contributed by atoms with Crippen LogP contribution in [0.5, 0.6) is 0 Å². The molecule has 17 heavy (non-hydrogen) atoms. The summed E-state index contributed by atoms with van der Waals surface area (Å²) in [5.74, 6) is -4.48. The molecule has 1 atom stereocenters. The molecular weight excluding hydrogens is 278 g/mol. The minimum Gasteiger partial charge on any atom is -0.390 e. The molecule has 0 aromatic heterocycles. The predicted molar refractivity (Wildman–Crippen MR) is 62.4 cm³/mol. The Labute approximate surface area is 108 Å². The second-order valence-electron chi connectivity index (χ2n) is 3.49. The summed E-state index contributed by atoms with van der Waals surface area (Å²) < 4.78 is 39.8. The normalized spacial score (nSPS) is 13.1. The number of hydrogen-bond acceptors (Lipinski definition) is 2. The van der Waals surface area contributed by atoms with E-state index in [1.165, 1.54) is 19.1 Å². The third-order valence-corrected chi connectivity index (χ3v) is 2.63. The third-order valence-electron chi connectivity index (χ3n) is 2.30. The minimum atomic E-state index is -3.61. The summed E-state index contributed by atoms with van der Waals surface area (Å²) in [4.78, 5) is 0. The Morgan fingerprint density at radius 3 is 2.47 bits per heavy atom. The highest BCUT2D eigenvalue weighted by atomic mass is 35.5. The Balaban J connectivity index is 0.00000256. The zero-order valence-electron chi connectivity index (χ0n) is 8.88. The number of aliphatic hydroxyl groups is 1.